The van der Waals surface area contributed by atoms with Crippen LogP contribution in [-0.4, -0.2) is 34.2 Å². The third kappa shape index (κ3) is 8.80. The summed E-state index contributed by atoms with van der Waals surface area (Å²) in [6.45, 7) is 8.98. The van der Waals surface area contributed by atoms with Crippen molar-refractivity contribution in [3.63, 3.8) is 0 Å². The summed E-state index contributed by atoms with van der Waals surface area (Å²) in [5.74, 6) is 0.638. The van der Waals surface area contributed by atoms with E-state index in [0.717, 1.165) is 6.07 Å². The molecule has 0 aliphatic carbocycles. The summed E-state index contributed by atoms with van der Waals surface area (Å²) >= 11 is 0. The fourth-order valence-electron chi connectivity index (χ4n) is 2.60. The van der Waals surface area contributed by atoms with Gasteiger partial charge in [-0.2, -0.15) is 13.2 Å². The minimum Gasteiger partial charge on any atom is -0.488 e. The number of aromatic nitrogens is 2. The van der Waals surface area contributed by atoms with E-state index in [1.165, 1.54) is 6.07 Å². The van der Waals surface area contributed by atoms with Crippen molar-refractivity contribution in [3.8, 4) is 5.75 Å². The molecule has 0 saturated carbocycles. The third-order valence-electron chi connectivity index (χ3n) is 3.78. The van der Waals surface area contributed by atoms with E-state index in [9.17, 15) is 13.2 Å². The molecule has 1 aromatic carbocycles. The van der Waals surface area contributed by atoms with Gasteiger partial charge in [0.05, 0.1) is 18.4 Å². The molecule has 1 heterocycles. The van der Waals surface area contributed by atoms with Crippen molar-refractivity contribution in [2.75, 3.05) is 13.1 Å². The monoisotopic (exact) mass is 539 g/mol. The molecule has 0 bridgehead atoms. The zero-order valence-corrected chi connectivity index (χ0v) is 19.9. The highest BCUT2D eigenvalue weighted by Gasteiger charge is 2.34. The van der Waals surface area contributed by atoms with E-state index in [4.69, 9.17) is 4.74 Å². The topological polar surface area (TPSA) is 63.5 Å². The number of halogens is 4. The lowest BCUT2D eigenvalue weighted by atomic mass is 10.1. The van der Waals surface area contributed by atoms with Gasteiger partial charge in [0.25, 0.3) is 0 Å². The van der Waals surface area contributed by atoms with E-state index in [-0.39, 0.29) is 41.8 Å². The SMILES string of the molecule is CCNC(=NCc1ccc(OC(C)(C)C)cc1C(F)(F)F)NCCn1ccnc1.I. The molecule has 0 radical (unpaired) electrons. The van der Waals surface area contributed by atoms with Crippen molar-refractivity contribution in [1.29, 1.82) is 0 Å². The second-order valence-electron chi connectivity index (χ2n) is 7.45. The molecular formula is C20H29F3IN5O. The molecule has 2 aromatic rings. The van der Waals surface area contributed by atoms with Crippen LogP contribution in [0.1, 0.15) is 38.8 Å². The van der Waals surface area contributed by atoms with Crippen LogP contribution >= 0.6 is 24.0 Å². The minimum atomic E-state index is -4.49. The van der Waals surface area contributed by atoms with E-state index in [1.54, 1.807) is 39.4 Å². The number of imidazole rings is 1. The van der Waals surface area contributed by atoms with E-state index >= 15 is 0 Å². The Bertz CT molecular complexity index is 802. The number of alkyl halides is 3. The molecule has 0 spiro atoms. The number of aliphatic imine (C=N–C) groups is 1. The highest BCUT2D eigenvalue weighted by Crippen LogP contribution is 2.35. The van der Waals surface area contributed by atoms with Crippen molar-refractivity contribution in [3.05, 3.63) is 48.0 Å². The summed E-state index contributed by atoms with van der Waals surface area (Å²) in [4.78, 5) is 8.28. The number of hydrogen-bond acceptors (Lipinski definition) is 3. The van der Waals surface area contributed by atoms with E-state index in [0.29, 0.717) is 25.6 Å². The van der Waals surface area contributed by atoms with Crippen molar-refractivity contribution in [2.45, 2.75) is 52.6 Å². The van der Waals surface area contributed by atoms with Gasteiger partial charge in [0.15, 0.2) is 5.96 Å². The number of rotatable bonds is 7. The molecule has 0 aliphatic heterocycles. The number of nitrogens with one attached hydrogen (secondary N) is 2. The van der Waals surface area contributed by atoms with Gasteiger partial charge in [-0.25, -0.2) is 9.98 Å². The van der Waals surface area contributed by atoms with Crippen LogP contribution in [0.3, 0.4) is 0 Å². The summed E-state index contributed by atoms with van der Waals surface area (Å²) < 4.78 is 48.1. The van der Waals surface area contributed by atoms with Gasteiger partial charge in [0.1, 0.15) is 11.4 Å². The Balaban J connectivity index is 0.00000450. The summed E-state index contributed by atoms with van der Waals surface area (Å²) in [6.07, 6.45) is 0.728. The minimum absolute atomic E-state index is 0. The number of guanidine groups is 1. The van der Waals surface area contributed by atoms with Gasteiger partial charge >= 0.3 is 6.18 Å². The summed E-state index contributed by atoms with van der Waals surface area (Å²) in [5, 5.41) is 6.16. The average Bonchev–Trinajstić information content (AvgIpc) is 3.11. The van der Waals surface area contributed by atoms with E-state index in [1.807, 2.05) is 17.7 Å². The average molecular weight is 539 g/mol. The lowest BCUT2D eigenvalue weighted by molar-refractivity contribution is -0.138. The zero-order valence-electron chi connectivity index (χ0n) is 17.6. The van der Waals surface area contributed by atoms with Gasteiger partial charge in [0, 0.05) is 32.0 Å². The third-order valence-corrected chi connectivity index (χ3v) is 3.78. The van der Waals surface area contributed by atoms with Gasteiger partial charge < -0.3 is 19.9 Å². The van der Waals surface area contributed by atoms with E-state index < -0.39 is 17.3 Å². The maximum absolute atomic E-state index is 13.5. The van der Waals surface area contributed by atoms with Crippen LogP contribution in [0.25, 0.3) is 0 Å². The largest absolute Gasteiger partial charge is 0.488 e. The van der Waals surface area contributed by atoms with Crippen LogP contribution in [0.15, 0.2) is 41.9 Å². The summed E-state index contributed by atoms with van der Waals surface area (Å²) in [6, 6.07) is 4.00. The van der Waals surface area contributed by atoms with Crippen molar-refractivity contribution in [2.24, 2.45) is 4.99 Å². The normalized spacial score (nSPS) is 12.3. The van der Waals surface area contributed by atoms with Crippen LogP contribution < -0.4 is 15.4 Å². The first kappa shape index (κ1) is 26.1. The van der Waals surface area contributed by atoms with Crippen LogP contribution in [0.2, 0.25) is 0 Å². The van der Waals surface area contributed by atoms with Gasteiger partial charge in [-0.1, -0.05) is 6.07 Å². The van der Waals surface area contributed by atoms with Gasteiger partial charge in [-0.05, 0) is 45.4 Å². The molecule has 30 heavy (non-hydrogen) atoms. The Morgan fingerprint density at radius 3 is 2.50 bits per heavy atom. The van der Waals surface area contributed by atoms with Gasteiger partial charge in [-0.3, -0.25) is 0 Å². The Kier molecular flexibility index (Phi) is 9.92. The standard InChI is InChI=1S/C20H28F3N5O.HI/c1-5-25-18(26-9-11-28-10-8-24-14-28)27-13-15-6-7-16(29-19(2,3)4)12-17(15)20(21,22)23;/h6-8,10,12,14H,5,9,11,13H2,1-4H3,(H2,25,26,27);1H. The molecule has 1 aromatic heterocycles. The molecule has 6 nitrogen and oxygen atoms in total. The van der Waals surface area contributed by atoms with Crippen molar-refractivity contribution in [1.82, 2.24) is 20.2 Å². The smallest absolute Gasteiger partial charge is 0.416 e. The second kappa shape index (κ2) is 11.4. The highest BCUT2D eigenvalue weighted by atomic mass is 127. The Hall–Kier alpha value is -1.98. The molecule has 168 valence electrons. The van der Waals surface area contributed by atoms with Crippen LogP contribution in [-0.2, 0) is 19.3 Å². The maximum Gasteiger partial charge on any atom is 0.416 e. The molecule has 0 aliphatic rings. The summed E-state index contributed by atoms with van der Waals surface area (Å²) in [5.41, 5.74) is -1.23. The molecule has 0 atom stereocenters. The van der Waals surface area contributed by atoms with Crippen LogP contribution in [0.5, 0.6) is 5.75 Å². The van der Waals surface area contributed by atoms with Crippen LogP contribution in [0.4, 0.5) is 13.2 Å². The first-order valence-corrected chi connectivity index (χ1v) is 9.45. The highest BCUT2D eigenvalue weighted by molar-refractivity contribution is 14.0. The Morgan fingerprint density at radius 2 is 1.93 bits per heavy atom. The van der Waals surface area contributed by atoms with E-state index in [2.05, 4.69) is 20.6 Å². The Morgan fingerprint density at radius 1 is 1.20 bits per heavy atom. The quantitative estimate of drug-likeness (QED) is 0.310. The number of hydrogen-bond donors (Lipinski definition) is 2. The molecule has 10 heteroatoms. The molecule has 0 fully saturated rings. The predicted molar refractivity (Wildman–Crippen MR) is 122 cm³/mol. The predicted octanol–water partition coefficient (Wildman–Crippen LogP) is 4.45. The molecule has 0 unspecified atom stereocenters. The van der Waals surface area contributed by atoms with Gasteiger partial charge in [0.2, 0.25) is 0 Å². The maximum atomic E-state index is 13.5. The summed E-state index contributed by atoms with van der Waals surface area (Å²) in [7, 11) is 0. The number of ether oxygens (including phenoxy) is 1. The Labute approximate surface area is 192 Å². The fourth-order valence-corrected chi connectivity index (χ4v) is 2.60. The fraction of sp³-hybridized carbons (Fsp3) is 0.500. The lowest BCUT2D eigenvalue weighted by Crippen LogP contribution is -2.38. The molecule has 0 saturated heterocycles. The zero-order chi connectivity index (χ0) is 21.5. The lowest BCUT2D eigenvalue weighted by Gasteiger charge is -2.22. The molecular weight excluding hydrogens is 510 g/mol. The van der Waals surface area contributed by atoms with Crippen molar-refractivity contribution < 1.29 is 17.9 Å². The number of nitrogens with zero attached hydrogens (tertiary/aromatic N) is 3. The molecule has 2 rings (SSSR count). The number of benzene rings is 1. The second-order valence-corrected chi connectivity index (χ2v) is 7.45. The van der Waals surface area contributed by atoms with Crippen LogP contribution in [0, 0.1) is 0 Å². The van der Waals surface area contributed by atoms with Gasteiger partial charge in [-0.15, -0.1) is 24.0 Å². The molecule has 2 N–H and O–H groups in total. The first-order chi connectivity index (χ1) is 13.6. The van der Waals surface area contributed by atoms with Crippen molar-refractivity contribution >= 4 is 29.9 Å². The molecule has 0 amide bonds. The first-order valence-electron chi connectivity index (χ1n) is 9.45.